The molecule has 0 radical (unpaired) electrons. The Hall–Kier alpha value is -3.15. The third kappa shape index (κ3) is 3.30. The number of fused-ring (bicyclic) bond motifs is 1. The molecule has 1 aromatic heterocycles. The van der Waals surface area contributed by atoms with E-state index in [0.29, 0.717) is 41.4 Å². The van der Waals surface area contributed by atoms with E-state index >= 15 is 0 Å². The van der Waals surface area contributed by atoms with Gasteiger partial charge in [0.2, 0.25) is 6.41 Å². The molecule has 0 atom stereocenters. The number of hydrogen-bond acceptors (Lipinski definition) is 3. The predicted molar refractivity (Wildman–Crippen MR) is 103 cm³/mol. The molecule has 0 bridgehead atoms. The lowest BCUT2D eigenvalue weighted by molar-refractivity contribution is -0.107. The fraction of sp³-hybridized carbons (Fsp3) is 0.238. The summed E-state index contributed by atoms with van der Waals surface area (Å²) in [5.41, 5.74) is 2.34. The van der Waals surface area contributed by atoms with Gasteiger partial charge in [-0.15, -0.1) is 0 Å². The van der Waals surface area contributed by atoms with Gasteiger partial charge in [0, 0.05) is 23.2 Å². The van der Waals surface area contributed by atoms with Crippen LogP contribution in [0.1, 0.15) is 29.9 Å². The first-order valence-electron chi connectivity index (χ1n) is 8.81. The maximum Gasteiger partial charge on any atom is 0.262 e. The molecule has 5 nitrogen and oxygen atoms in total. The summed E-state index contributed by atoms with van der Waals surface area (Å²) in [5.74, 6) is -0.0183. The smallest absolute Gasteiger partial charge is 0.262 e. The Kier molecular flexibility index (Phi) is 5.26. The van der Waals surface area contributed by atoms with Crippen molar-refractivity contribution in [3.05, 3.63) is 59.5 Å². The molecule has 0 aliphatic rings. The average Bonchev–Trinajstić information content (AvgIpc) is 2.95. The van der Waals surface area contributed by atoms with E-state index < -0.39 is 5.82 Å². The third-order valence-corrected chi connectivity index (χ3v) is 4.50. The Balaban J connectivity index is 2.25. The van der Waals surface area contributed by atoms with Crippen molar-refractivity contribution in [3.63, 3.8) is 0 Å². The van der Waals surface area contributed by atoms with E-state index in [0.717, 1.165) is 11.8 Å². The Morgan fingerprint density at radius 1 is 1.19 bits per heavy atom. The molecule has 0 unspecified atom stereocenters. The minimum atomic E-state index is -0.402. The van der Waals surface area contributed by atoms with Gasteiger partial charge < -0.3 is 9.64 Å². The minimum absolute atomic E-state index is 0.283. The highest BCUT2D eigenvalue weighted by molar-refractivity contribution is 6.09. The number of amides is 1. The summed E-state index contributed by atoms with van der Waals surface area (Å²) in [6.07, 6.45) is 0.752. The van der Waals surface area contributed by atoms with E-state index in [-0.39, 0.29) is 5.91 Å². The van der Waals surface area contributed by atoms with Crippen LogP contribution in [-0.2, 0) is 4.79 Å². The van der Waals surface area contributed by atoms with Crippen LogP contribution in [0, 0.1) is 12.7 Å². The molecule has 2 aromatic carbocycles. The Morgan fingerprint density at radius 3 is 2.48 bits per heavy atom. The summed E-state index contributed by atoms with van der Waals surface area (Å²) in [4.78, 5) is 26.3. The predicted octanol–water partition coefficient (Wildman–Crippen LogP) is 4.16. The van der Waals surface area contributed by atoms with E-state index in [4.69, 9.17) is 4.74 Å². The van der Waals surface area contributed by atoms with Crippen LogP contribution < -0.4 is 9.64 Å². The summed E-state index contributed by atoms with van der Waals surface area (Å²) in [6, 6.07) is 10.8. The number of benzene rings is 2. The third-order valence-electron chi connectivity index (χ3n) is 4.50. The number of carbonyl (C=O) groups excluding carboxylic acids is 2. The molecule has 1 amide bonds. The van der Waals surface area contributed by atoms with Crippen LogP contribution in [0.5, 0.6) is 5.75 Å². The van der Waals surface area contributed by atoms with Crippen LogP contribution in [-0.4, -0.2) is 30.0 Å². The molecule has 0 saturated carbocycles. The standard InChI is InChI=1S/C21H21FN2O3/c1-4-23(13-25)20-14(3)24(21(26)15-6-8-16(22)9-7-15)19-11-10-17(27-5-2)12-18(19)20/h6-13H,4-5H2,1-3H3. The van der Waals surface area contributed by atoms with Gasteiger partial charge in [0.1, 0.15) is 11.6 Å². The van der Waals surface area contributed by atoms with Gasteiger partial charge in [-0.3, -0.25) is 14.2 Å². The summed E-state index contributed by atoms with van der Waals surface area (Å²) in [7, 11) is 0. The van der Waals surface area contributed by atoms with Crippen LogP contribution in [0.15, 0.2) is 42.5 Å². The number of hydrogen-bond donors (Lipinski definition) is 0. The molecular formula is C21H21FN2O3. The van der Waals surface area contributed by atoms with Gasteiger partial charge in [0.05, 0.1) is 17.8 Å². The maximum absolute atomic E-state index is 13.2. The highest BCUT2D eigenvalue weighted by Crippen LogP contribution is 2.36. The monoisotopic (exact) mass is 368 g/mol. The van der Waals surface area contributed by atoms with Crippen molar-refractivity contribution in [1.82, 2.24) is 4.57 Å². The zero-order valence-electron chi connectivity index (χ0n) is 15.5. The van der Waals surface area contributed by atoms with Crippen molar-refractivity contribution in [2.24, 2.45) is 0 Å². The van der Waals surface area contributed by atoms with Crippen LogP contribution in [0.2, 0.25) is 0 Å². The van der Waals surface area contributed by atoms with Gasteiger partial charge in [0.25, 0.3) is 5.91 Å². The molecule has 6 heteroatoms. The lowest BCUT2D eigenvalue weighted by Crippen LogP contribution is -2.21. The first-order chi connectivity index (χ1) is 13.0. The molecule has 0 aliphatic heterocycles. The Morgan fingerprint density at radius 2 is 1.89 bits per heavy atom. The molecule has 0 aliphatic carbocycles. The summed E-state index contributed by atoms with van der Waals surface area (Å²) >= 11 is 0. The number of rotatable bonds is 6. The highest BCUT2D eigenvalue weighted by atomic mass is 19.1. The Labute approximate surface area is 157 Å². The second kappa shape index (κ2) is 7.61. The number of halogens is 1. The molecule has 0 N–H and O–H groups in total. The van der Waals surface area contributed by atoms with Crippen LogP contribution in [0.4, 0.5) is 10.1 Å². The largest absolute Gasteiger partial charge is 0.494 e. The van der Waals surface area contributed by atoms with Crippen LogP contribution in [0.25, 0.3) is 10.9 Å². The van der Waals surface area contributed by atoms with Crippen molar-refractivity contribution in [2.45, 2.75) is 20.8 Å². The van der Waals surface area contributed by atoms with Crippen LogP contribution >= 0.6 is 0 Å². The molecule has 1 heterocycles. The van der Waals surface area contributed by atoms with Crippen molar-refractivity contribution < 1.29 is 18.7 Å². The molecular weight excluding hydrogens is 347 g/mol. The van der Waals surface area contributed by atoms with E-state index in [1.54, 1.807) is 28.5 Å². The second-order valence-corrected chi connectivity index (χ2v) is 6.08. The quantitative estimate of drug-likeness (QED) is 0.614. The van der Waals surface area contributed by atoms with Gasteiger partial charge in [-0.05, 0) is 63.2 Å². The normalized spacial score (nSPS) is 10.8. The molecule has 3 aromatic rings. The molecule has 0 fully saturated rings. The van der Waals surface area contributed by atoms with Crippen molar-refractivity contribution >= 4 is 28.9 Å². The lowest BCUT2D eigenvalue weighted by Gasteiger charge is -2.16. The molecule has 140 valence electrons. The van der Waals surface area contributed by atoms with E-state index in [2.05, 4.69) is 0 Å². The lowest BCUT2D eigenvalue weighted by atomic mass is 10.2. The van der Waals surface area contributed by atoms with E-state index in [1.807, 2.05) is 19.9 Å². The van der Waals surface area contributed by atoms with Gasteiger partial charge >= 0.3 is 0 Å². The number of carbonyl (C=O) groups is 2. The SMILES string of the molecule is CCOc1ccc2c(c1)c(N(C=O)CC)c(C)n2C(=O)c1ccc(F)cc1. The zero-order chi connectivity index (χ0) is 19.6. The number of ether oxygens (including phenoxy) is 1. The first-order valence-corrected chi connectivity index (χ1v) is 8.81. The molecule has 0 spiro atoms. The first kappa shape index (κ1) is 18.6. The maximum atomic E-state index is 13.2. The fourth-order valence-electron chi connectivity index (χ4n) is 3.27. The van der Waals surface area contributed by atoms with Gasteiger partial charge in [-0.25, -0.2) is 4.39 Å². The van der Waals surface area contributed by atoms with Crippen molar-refractivity contribution in [2.75, 3.05) is 18.1 Å². The van der Waals surface area contributed by atoms with Crippen molar-refractivity contribution in [3.8, 4) is 5.75 Å². The average molecular weight is 368 g/mol. The van der Waals surface area contributed by atoms with E-state index in [9.17, 15) is 14.0 Å². The minimum Gasteiger partial charge on any atom is -0.494 e. The summed E-state index contributed by atoms with van der Waals surface area (Å²) < 4.78 is 20.4. The van der Waals surface area contributed by atoms with E-state index in [1.165, 1.54) is 24.3 Å². The number of anilines is 1. The van der Waals surface area contributed by atoms with Crippen molar-refractivity contribution in [1.29, 1.82) is 0 Å². The molecule has 0 saturated heterocycles. The van der Waals surface area contributed by atoms with Crippen LogP contribution in [0.3, 0.4) is 0 Å². The van der Waals surface area contributed by atoms with Gasteiger partial charge in [-0.2, -0.15) is 0 Å². The molecule has 27 heavy (non-hydrogen) atoms. The zero-order valence-corrected chi connectivity index (χ0v) is 15.5. The van der Waals surface area contributed by atoms with Gasteiger partial charge in [-0.1, -0.05) is 0 Å². The highest BCUT2D eigenvalue weighted by Gasteiger charge is 2.23. The fourth-order valence-corrected chi connectivity index (χ4v) is 3.27. The Bertz CT molecular complexity index is 993. The van der Waals surface area contributed by atoms with Gasteiger partial charge in [0.15, 0.2) is 0 Å². The molecule has 3 rings (SSSR count). The summed E-state index contributed by atoms with van der Waals surface area (Å²) in [6.45, 7) is 6.53. The number of nitrogens with zero attached hydrogens (tertiary/aromatic N) is 2. The summed E-state index contributed by atoms with van der Waals surface area (Å²) in [5, 5.41) is 0.753. The number of aromatic nitrogens is 1. The second-order valence-electron chi connectivity index (χ2n) is 6.08. The topological polar surface area (TPSA) is 51.5 Å².